The first-order valence-electron chi connectivity index (χ1n) is 5.38. The van der Waals surface area contributed by atoms with E-state index in [0.29, 0.717) is 5.82 Å². The Bertz CT molecular complexity index is 551. The summed E-state index contributed by atoms with van der Waals surface area (Å²) >= 11 is 3.26. The van der Waals surface area contributed by atoms with Crippen LogP contribution in [0.5, 0.6) is 11.6 Å². The lowest BCUT2D eigenvalue weighted by atomic mass is 10.3. The molecule has 0 saturated carbocycles. The van der Waals surface area contributed by atoms with Gasteiger partial charge in [-0.25, -0.2) is 14.4 Å². The summed E-state index contributed by atoms with van der Waals surface area (Å²) in [4.78, 5) is 7.94. The fourth-order valence-electron chi connectivity index (χ4n) is 1.34. The van der Waals surface area contributed by atoms with Crippen LogP contribution in [0, 0.1) is 5.82 Å². The maximum atomic E-state index is 13.5. The van der Waals surface area contributed by atoms with Crippen LogP contribution < -0.4 is 10.1 Å². The van der Waals surface area contributed by atoms with Gasteiger partial charge in [-0.15, -0.1) is 0 Å². The van der Waals surface area contributed by atoms with Crippen LogP contribution in [0.4, 0.5) is 10.2 Å². The van der Waals surface area contributed by atoms with Gasteiger partial charge in [0.1, 0.15) is 12.1 Å². The fraction of sp³-hybridized carbons (Fsp3) is 0.167. The molecular weight excluding hydrogens is 301 g/mol. The molecule has 0 bridgehead atoms. The molecular formula is C12H11BrFN3O. The zero-order valence-corrected chi connectivity index (χ0v) is 11.2. The molecule has 0 atom stereocenters. The van der Waals surface area contributed by atoms with E-state index in [1.807, 2.05) is 6.92 Å². The Hall–Kier alpha value is -1.69. The zero-order chi connectivity index (χ0) is 13.0. The van der Waals surface area contributed by atoms with E-state index < -0.39 is 5.82 Å². The molecule has 2 aromatic rings. The molecule has 0 fully saturated rings. The summed E-state index contributed by atoms with van der Waals surface area (Å²) in [6, 6.07) is 6.09. The zero-order valence-electron chi connectivity index (χ0n) is 9.65. The molecule has 1 aromatic carbocycles. The van der Waals surface area contributed by atoms with Gasteiger partial charge in [-0.2, -0.15) is 0 Å². The van der Waals surface area contributed by atoms with E-state index in [2.05, 4.69) is 31.2 Å². The largest absolute Gasteiger partial charge is 0.436 e. The third-order valence-electron chi connectivity index (χ3n) is 2.11. The predicted octanol–water partition coefficient (Wildman–Crippen LogP) is 3.60. The van der Waals surface area contributed by atoms with Crippen molar-refractivity contribution in [1.82, 2.24) is 9.97 Å². The highest BCUT2D eigenvalue weighted by atomic mass is 79.9. The number of halogens is 2. The van der Waals surface area contributed by atoms with Crippen molar-refractivity contribution >= 4 is 21.7 Å². The first-order chi connectivity index (χ1) is 8.69. The van der Waals surface area contributed by atoms with Gasteiger partial charge < -0.3 is 10.1 Å². The lowest BCUT2D eigenvalue weighted by molar-refractivity contribution is 0.426. The van der Waals surface area contributed by atoms with Gasteiger partial charge in [-0.1, -0.05) is 15.9 Å². The molecule has 0 aliphatic carbocycles. The van der Waals surface area contributed by atoms with E-state index in [1.54, 1.807) is 18.2 Å². The van der Waals surface area contributed by atoms with E-state index in [0.717, 1.165) is 11.0 Å². The standard InChI is InChI=1S/C12H11BrFN3O/c1-2-15-11-6-12(17-7-16-11)18-10-5-8(13)3-4-9(10)14/h3-7H,2H2,1H3,(H,15,16,17). The van der Waals surface area contributed by atoms with Gasteiger partial charge in [-0.3, -0.25) is 0 Å². The Kier molecular flexibility index (Phi) is 4.09. The minimum atomic E-state index is -0.443. The fourth-order valence-corrected chi connectivity index (χ4v) is 1.68. The minimum absolute atomic E-state index is 0.116. The summed E-state index contributed by atoms with van der Waals surface area (Å²) in [6.45, 7) is 2.69. The minimum Gasteiger partial charge on any atom is -0.436 e. The maximum absolute atomic E-state index is 13.5. The molecule has 94 valence electrons. The molecule has 1 N–H and O–H groups in total. The maximum Gasteiger partial charge on any atom is 0.224 e. The predicted molar refractivity (Wildman–Crippen MR) is 70.4 cm³/mol. The van der Waals surface area contributed by atoms with Crippen LogP contribution in [0.15, 0.2) is 35.1 Å². The van der Waals surface area contributed by atoms with Crippen molar-refractivity contribution in [1.29, 1.82) is 0 Å². The highest BCUT2D eigenvalue weighted by Crippen LogP contribution is 2.26. The average Bonchev–Trinajstić information content (AvgIpc) is 2.35. The summed E-state index contributed by atoms with van der Waals surface area (Å²) in [6.07, 6.45) is 1.36. The van der Waals surface area contributed by atoms with Crippen LogP contribution in [-0.4, -0.2) is 16.5 Å². The summed E-state index contributed by atoms with van der Waals surface area (Å²) < 4.78 is 19.6. The van der Waals surface area contributed by atoms with Crippen LogP contribution in [0.3, 0.4) is 0 Å². The third-order valence-corrected chi connectivity index (χ3v) is 2.60. The molecule has 0 aliphatic rings. The Morgan fingerprint density at radius 3 is 2.94 bits per heavy atom. The van der Waals surface area contributed by atoms with E-state index >= 15 is 0 Å². The monoisotopic (exact) mass is 311 g/mol. The van der Waals surface area contributed by atoms with Crippen molar-refractivity contribution in [3.05, 3.63) is 40.9 Å². The van der Waals surface area contributed by atoms with Gasteiger partial charge in [-0.05, 0) is 25.1 Å². The molecule has 0 unspecified atom stereocenters. The van der Waals surface area contributed by atoms with Gasteiger partial charge in [0.2, 0.25) is 5.88 Å². The summed E-state index contributed by atoms with van der Waals surface area (Å²) in [5.74, 6) is 0.600. The Labute approximate surface area is 112 Å². The Morgan fingerprint density at radius 1 is 1.33 bits per heavy atom. The first kappa shape index (κ1) is 12.8. The highest BCUT2D eigenvalue weighted by molar-refractivity contribution is 9.10. The molecule has 1 aromatic heterocycles. The topological polar surface area (TPSA) is 47.0 Å². The average molecular weight is 312 g/mol. The van der Waals surface area contributed by atoms with Gasteiger partial charge in [0.15, 0.2) is 11.6 Å². The van der Waals surface area contributed by atoms with Crippen LogP contribution in [-0.2, 0) is 0 Å². The molecule has 4 nitrogen and oxygen atoms in total. The SMILES string of the molecule is CCNc1cc(Oc2cc(Br)ccc2F)ncn1. The van der Waals surface area contributed by atoms with E-state index in [-0.39, 0.29) is 11.6 Å². The van der Waals surface area contributed by atoms with Gasteiger partial charge >= 0.3 is 0 Å². The highest BCUT2D eigenvalue weighted by Gasteiger charge is 2.07. The second-order valence-corrected chi connectivity index (χ2v) is 4.36. The van der Waals surface area contributed by atoms with Gasteiger partial charge in [0.05, 0.1) is 0 Å². The molecule has 6 heteroatoms. The van der Waals surface area contributed by atoms with E-state index in [4.69, 9.17) is 4.74 Å². The van der Waals surface area contributed by atoms with Crippen LogP contribution in [0.25, 0.3) is 0 Å². The molecule has 0 spiro atoms. The number of nitrogens with one attached hydrogen (secondary N) is 1. The van der Waals surface area contributed by atoms with Crippen molar-refractivity contribution in [2.75, 3.05) is 11.9 Å². The first-order valence-corrected chi connectivity index (χ1v) is 6.17. The van der Waals surface area contributed by atoms with Gasteiger partial charge in [0, 0.05) is 17.1 Å². The normalized spacial score (nSPS) is 10.2. The smallest absolute Gasteiger partial charge is 0.224 e. The molecule has 0 saturated heterocycles. The molecule has 0 radical (unpaired) electrons. The molecule has 18 heavy (non-hydrogen) atoms. The number of ether oxygens (including phenoxy) is 1. The molecule has 0 amide bonds. The van der Waals surface area contributed by atoms with Crippen LogP contribution in [0.2, 0.25) is 0 Å². The number of aromatic nitrogens is 2. The third kappa shape index (κ3) is 3.16. The van der Waals surface area contributed by atoms with Crippen LogP contribution >= 0.6 is 15.9 Å². The van der Waals surface area contributed by atoms with Crippen molar-refractivity contribution in [2.45, 2.75) is 6.92 Å². The second kappa shape index (κ2) is 5.77. The number of hydrogen-bond donors (Lipinski definition) is 1. The van der Waals surface area contributed by atoms with Crippen molar-refractivity contribution in [3.63, 3.8) is 0 Å². The van der Waals surface area contributed by atoms with Crippen molar-refractivity contribution in [3.8, 4) is 11.6 Å². The number of nitrogens with zero attached hydrogens (tertiary/aromatic N) is 2. The summed E-state index contributed by atoms with van der Waals surface area (Å²) in [7, 11) is 0. The number of anilines is 1. The van der Waals surface area contributed by atoms with Gasteiger partial charge in [0.25, 0.3) is 0 Å². The van der Waals surface area contributed by atoms with E-state index in [9.17, 15) is 4.39 Å². The Balaban J connectivity index is 2.22. The second-order valence-electron chi connectivity index (χ2n) is 3.45. The van der Waals surface area contributed by atoms with Crippen LogP contribution in [0.1, 0.15) is 6.92 Å². The summed E-state index contributed by atoms with van der Waals surface area (Å²) in [5, 5.41) is 3.03. The lowest BCUT2D eigenvalue weighted by Crippen LogP contribution is -2.00. The molecule has 2 rings (SSSR count). The number of hydrogen-bond acceptors (Lipinski definition) is 4. The summed E-state index contributed by atoms with van der Waals surface area (Å²) in [5.41, 5.74) is 0. The van der Waals surface area contributed by atoms with E-state index in [1.165, 1.54) is 12.4 Å². The number of benzene rings is 1. The van der Waals surface area contributed by atoms with Crippen molar-refractivity contribution in [2.24, 2.45) is 0 Å². The lowest BCUT2D eigenvalue weighted by Gasteiger charge is -2.07. The van der Waals surface area contributed by atoms with Crippen molar-refractivity contribution < 1.29 is 9.13 Å². The molecule has 1 heterocycles. The molecule has 0 aliphatic heterocycles. The number of rotatable bonds is 4. The quantitative estimate of drug-likeness (QED) is 0.937. The Morgan fingerprint density at radius 2 is 2.17 bits per heavy atom.